The molecule has 0 saturated heterocycles. The molecule has 4 bridgehead atoms. The summed E-state index contributed by atoms with van der Waals surface area (Å²) in [5.74, 6) is 3.61. The largest absolute Gasteiger partial charge is 0.0622 e. The summed E-state index contributed by atoms with van der Waals surface area (Å²) in [7, 11) is 0. The fourth-order valence-electron chi connectivity index (χ4n) is 9.72. The van der Waals surface area contributed by atoms with Gasteiger partial charge in [0.1, 0.15) is 0 Å². The topological polar surface area (TPSA) is 12.0 Å². The van der Waals surface area contributed by atoms with Gasteiger partial charge in [-0.2, -0.15) is 0 Å². The zero-order valence-electron chi connectivity index (χ0n) is 28.2. The van der Waals surface area contributed by atoms with Crippen molar-refractivity contribution in [3.8, 4) is 11.1 Å². The van der Waals surface area contributed by atoms with Crippen molar-refractivity contribution in [2.45, 2.75) is 71.8 Å². The van der Waals surface area contributed by atoms with Gasteiger partial charge in [0.05, 0.1) is 0 Å². The summed E-state index contributed by atoms with van der Waals surface area (Å²) in [6, 6.07) is 44.3. The second-order valence-electron chi connectivity index (χ2n) is 14.8. The first kappa shape index (κ1) is 32.1. The normalized spacial score (nSPS) is 26.4. The number of allylic oxidation sites excluding steroid dienone is 4. The van der Waals surface area contributed by atoms with Crippen LogP contribution in [-0.4, -0.2) is 17.1 Å². The van der Waals surface area contributed by atoms with E-state index in [1.807, 2.05) is 16.0 Å². The molecule has 1 unspecified atom stereocenters. The first-order valence-electron chi connectivity index (χ1n) is 17.6. The third kappa shape index (κ3) is 6.63. The van der Waals surface area contributed by atoms with E-state index in [9.17, 15) is 0 Å². The summed E-state index contributed by atoms with van der Waals surface area (Å²) < 4.78 is 10.1. The summed E-state index contributed by atoms with van der Waals surface area (Å²) in [5.41, 5.74) is 7.86. The van der Waals surface area contributed by atoms with Crippen LogP contribution in [0.4, 0.5) is 0 Å². The first-order chi connectivity index (χ1) is 22.4. The third-order valence-electron chi connectivity index (χ3n) is 11.8. The van der Waals surface area contributed by atoms with Crippen LogP contribution < -0.4 is 12.6 Å². The fourth-order valence-corrected chi connectivity index (χ4v) is 37.9. The summed E-state index contributed by atoms with van der Waals surface area (Å²) in [5, 5.41) is 0. The van der Waals surface area contributed by atoms with Crippen molar-refractivity contribution >= 4 is 20.3 Å². The molecule has 0 spiro atoms. The molecule has 4 aromatic rings. The quantitative estimate of drug-likeness (QED) is 0.190. The second kappa shape index (κ2) is 14.0. The van der Waals surface area contributed by atoms with Crippen molar-refractivity contribution in [3.63, 3.8) is 0 Å². The molecule has 0 aliphatic heterocycles. The molecule has 5 aliphatic carbocycles. The molecular weight excluding hydrogens is 651 g/mol. The van der Waals surface area contributed by atoms with E-state index < -0.39 is 27.4 Å². The Morgan fingerprint density at radius 3 is 1.33 bits per heavy atom. The van der Waals surface area contributed by atoms with Crippen LogP contribution >= 0.6 is 0 Å². The van der Waals surface area contributed by atoms with Crippen molar-refractivity contribution in [2.75, 3.05) is 0 Å². The van der Waals surface area contributed by atoms with E-state index in [4.69, 9.17) is 3.80 Å². The summed E-state index contributed by atoms with van der Waals surface area (Å²) >= 11 is -3.89. The molecule has 4 saturated carbocycles. The van der Waals surface area contributed by atoms with E-state index in [1.165, 1.54) is 49.7 Å². The van der Waals surface area contributed by atoms with Crippen molar-refractivity contribution in [1.29, 1.82) is 0 Å². The Labute approximate surface area is 286 Å². The summed E-state index contributed by atoms with van der Waals surface area (Å²) in [6.07, 6.45) is 8.95. The van der Waals surface area contributed by atoms with Gasteiger partial charge >= 0.3 is 217 Å². The van der Waals surface area contributed by atoms with Crippen molar-refractivity contribution in [1.82, 2.24) is 3.80 Å². The zero-order chi connectivity index (χ0) is 31.7. The molecule has 9 rings (SSSR count). The standard InChI is InChI=1S/C12H11Ge.C12H10.C10H16N.C9H13.Ti/c1-3-7-11(8-4-1)13-12-9-5-2-6-10-12;1-3-7-11(8-4-1)12-9-5-2-6-10-12;11-10-4-7-1-8(5-10)3-9(2-7)6-10;1-6-5-7(2)9(4)8(6)3;/h1-10,13H;1-10H;7-9,11H,1-6H2;6H,1-4H3;/q;;-1;;+1. The Kier molecular flexibility index (Phi) is 9.76. The Hall–Kier alpha value is -2.42. The minimum atomic E-state index is -2.07. The molecule has 46 heavy (non-hydrogen) atoms. The molecular formula is C43H50GeNTi. The summed E-state index contributed by atoms with van der Waals surface area (Å²) in [4.78, 5) is 0. The van der Waals surface area contributed by atoms with Gasteiger partial charge in [0.25, 0.3) is 0 Å². The van der Waals surface area contributed by atoms with E-state index in [-0.39, 0.29) is 0 Å². The van der Waals surface area contributed by atoms with Gasteiger partial charge in [-0.1, -0.05) is 60.7 Å². The molecule has 4 fully saturated rings. The van der Waals surface area contributed by atoms with Crippen molar-refractivity contribution in [3.05, 3.63) is 142 Å². The SMILES string of the molecule is CC1=C(C)C(C)[C]([Ti]([NH]C23CC4CC(CC(C4)C2)C3)[GeH]([c]2ccccc2)[c]2ccccc2)=C1C.c1ccc(-c2ccccc2)cc1. The van der Waals surface area contributed by atoms with Crippen molar-refractivity contribution < 1.29 is 15.9 Å². The summed E-state index contributed by atoms with van der Waals surface area (Å²) in [6.45, 7) is 9.78. The average molecular weight is 701 g/mol. The van der Waals surface area contributed by atoms with Crippen molar-refractivity contribution in [2.24, 2.45) is 23.7 Å². The van der Waals surface area contributed by atoms with E-state index in [0.717, 1.165) is 17.8 Å². The molecule has 1 nitrogen and oxygen atoms in total. The molecule has 0 amide bonds. The molecule has 0 radical (unpaired) electrons. The number of benzene rings is 4. The van der Waals surface area contributed by atoms with Crippen LogP contribution in [0.15, 0.2) is 142 Å². The van der Waals surface area contributed by atoms with Crippen LogP contribution in [0.5, 0.6) is 0 Å². The molecule has 235 valence electrons. The number of rotatable bonds is 7. The van der Waals surface area contributed by atoms with Gasteiger partial charge in [-0.25, -0.2) is 0 Å². The monoisotopic (exact) mass is 702 g/mol. The maximum atomic E-state index is 4.77. The van der Waals surface area contributed by atoms with E-state index >= 15 is 0 Å². The molecule has 0 aromatic heterocycles. The fraction of sp³-hybridized carbons (Fsp3) is 0.349. The Morgan fingerprint density at radius 2 is 0.957 bits per heavy atom. The van der Waals surface area contributed by atoms with Gasteiger partial charge in [0.15, 0.2) is 0 Å². The molecule has 1 N–H and O–H groups in total. The minimum absolute atomic E-state index is 0.439. The maximum absolute atomic E-state index is 4.77. The first-order valence-corrected chi connectivity index (χ1v) is 27.5. The van der Waals surface area contributed by atoms with Gasteiger partial charge in [0.2, 0.25) is 0 Å². The van der Waals surface area contributed by atoms with E-state index in [1.54, 1.807) is 25.5 Å². The van der Waals surface area contributed by atoms with Gasteiger partial charge in [0, 0.05) is 0 Å². The van der Waals surface area contributed by atoms with E-state index in [0.29, 0.717) is 11.5 Å². The van der Waals surface area contributed by atoms with Gasteiger partial charge < -0.3 is 0 Å². The van der Waals surface area contributed by atoms with Gasteiger partial charge in [-0.3, -0.25) is 0 Å². The van der Waals surface area contributed by atoms with Crippen LogP contribution in [0.3, 0.4) is 0 Å². The zero-order valence-corrected chi connectivity index (χ0v) is 32.2. The van der Waals surface area contributed by atoms with Crippen LogP contribution in [-0.2, 0) is 15.9 Å². The third-order valence-corrected chi connectivity index (χ3v) is 34.9. The molecule has 5 aliphatic rings. The van der Waals surface area contributed by atoms with Crippen LogP contribution in [0.25, 0.3) is 11.1 Å². The van der Waals surface area contributed by atoms with E-state index in [2.05, 4.69) is 137 Å². The maximum Gasteiger partial charge on any atom is -0.0184 e. The number of nitrogens with one attached hydrogen (secondary N) is 1. The van der Waals surface area contributed by atoms with Crippen LogP contribution in [0, 0.1) is 23.7 Å². The molecule has 4 aromatic carbocycles. The van der Waals surface area contributed by atoms with Crippen LogP contribution in [0.2, 0.25) is 0 Å². The Bertz CT molecular complexity index is 1570. The van der Waals surface area contributed by atoms with Gasteiger partial charge in [-0.15, -0.1) is 0 Å². The predicted octanol–water partition coefficient (Wildman–Crippen LogP) is 9.23. The van der Waals surface area contributed by atoms with Crippen LogP contribution in [0.1, 0.15) is 66.2 Å². The Morgan fingerprint density at radius 1 is 0.565 bits per heavy atom. The van der Waals surface area contributed by atoms with Gasteiger partial charge in [-0.05, 0) is 11.1 Å². The molecule has 3 heteroatoms. The average Bonchev–Trinajstić information content (AvgIpc) is 3.27. The second-order valence-corrected chi connectivity index (χ2v) is 31.6. The molecule has 1 atom stereocenters. The predicted molar refractivity (Wildman–Crippen MR) is 195 cm³/mol. The minimum Gasteiger partial charge on any atom is -0.0622 e. The Balaban J connectivity index is 0.000000236. The number of hydrogen-bond acceptors (Lipinski definition) is 1. The smallest absolute Gasteiger partial charge is 0.0184 e. The number of hydrogen-bond donors (Lipinski definition) is 1. The molecule has 0 heterocycles.